The fourth-order valence-corrected chi connectivity index (χ4v) is 5.61. The maximum Gasteiger partial charge on any atom is 0.321 e. The van der Waals surface area contributed by atoms with Gasteiger partial charge in [-0.2, -0.15) is 0 Å². The number of benzene rings is 1. The number of fused-ring (bicyclic) bond motifs is 4. The molecule has 2 bridgehead atoms. The van der Waals surface area contributed by atoms with E-state index in [1.165, 1.54) is 36.8 Å². The minimum Gasteiger partial charge on any atom is -0.335 e. The third-order valence-electron chi connectivity index (χ3n) is 7.16. The lowest BCUT2D eigenvalue weighted by Gasteiger charge is -2.43. The van der Waals surface area contributed by atoms with Gasteiger partial charge in [-0.1, -0.05) is 19.3 Å². The summed E-state index contributed by atoms with van der Waals surface area (Å²) in [6.45, 7) is 1.48. The Bertz CT molecular complexity index is 1130. The molecule has 1 saturated heterocycles. The van der Waals surface area contributed by atoms with E-state index in [0.717, 1.165) is 37.8 Å². The minimum absolute atomic E-state index is 0.0645. The molecule has 34 heavy (non-hydrogen) atoms. The van der Waals surface area contributed by atoms with Gasteiger partial charge in [0.1, 0.15) is 5.82 Å². The van der Waals surface area contributed by atoms with Crippen molar-refractivity contribution in [2.75, 3.05) is 23.7 Å². The van der Waals surface area contributed by atoms with Gasteiger partial charge in [-0.05, 0) is 55.5 Å². The highest BCUT2D eigenvalue weighted by molar-refractivity contribution is 5.91. The lowest BCUT2D eigenvalue weighted by Crippen LogP contribution is -2.50. The van der Waals surface area contributed by atoms with Crippen molar-refractivity contribution in [2.24, 2.45) is 5.92 Å². The Labute approximate surface area is 197 Å². The van der Waals surface area contributed by atoms with Gasteiger partial charge >= 0.3 is 12.1 Å². The van der Waals surface area contributed by atoms with Crippen molar-refractivity contribution in [1.82, 2.24) is 14.8 Å². The van der Waals surface area contributed by atoms with Crippen molar-refractivity contribution in [3.63, 3.8) is 0 Å². The zero-order chi connectivity index (χ0) is 23.7. The maximum absolute atomic E-state index is 13.2. The van der Waals surface area contributed by atoms with Gasteiger partial charge in [0.25, 0.3) is 5.56 Å². The van der Waals surface area contributed by atoms with Gasteiger partial charge in [-0.25, -0.2) is 14.0 Å². The Balaban J connectivity index is 1.32. The predicted octanol–water partition coefficient (Wildman–Crippen LogP) is 4.09. The average Bonchev–Trinajstić information content (AvgIpc) is 2.83. The summed E-state index contributed by atoms with van der Waals surface area (Å²) in [5.74, 6) is -0.278. The largest absolute Gasteiger partial charge is 0.335 e. The van der Waals surface area contributed by atoms with E-state index in [4.69, 9.17) is 0 Å². The first-order valence-corrected chi connectivity index (χ1v) is 12.1. The first-order chi connectivity index (χ1) is 16.5. The standard InChI is InChI=1S/C25H30FN5O3/c26-18-6-8-20(9-7-18)28-25(34)30-13-16-12-17(15-30)23-21(10-11-22(32)31(23)14-16)29-24(33)27-19-4-2-1-3-5-19/h6-11,16-17,19H,1-5,12-15H2,(H,28,34)(H2,27,29,33). The molecule has 0 spiro atoms. The molecule has 1 aliphatic carbocycles. The Morgan fingerprint density at radius 1 is 0.912 bits per heavy atom. The number of amides is 4. The molecule has 0 radical (unpaired) electrons. The summed E-state index contributed by atoms with van der Waals surface area (Å²) in [7, 11) is 0. The van der Waals surface area contributed by atoms with Crippen molar-refractivity contribution >= 4 is 23.4 Å². The number of aromatic nitrogens is 1. The number of anilines is 2. The zero-order valence-electron chi connectivity index (χ0n) is 19.1. The first-order valence-electron chi connectivity index (χ1n) is 12.1. The number of hydrogen-bond acceptors (Lipinski definition) is 3. The molecule has 2 aromatic rings. The number of halogens is 1. The molecule has 1 aromatic heterocycles. The first kappa shape index (κ1) is 22.4. The van der Waals surface area contributed by atoms with Crippen molar-refractivity contribution < 1.29 is 14.0 Å². The number of piperidine rings is 1. The van der Waals surface area contributed by atoms with E-state index in [1.807, 2.05) is 0 Å². The maximum atomic E-state index is 13.2. The quantitative estimate of drug-likeness (QED) is 0.634. The predicted molar refractivity (Wildman–Crippen MR) is 128 cm³/mol. The molecule has 3 aliphatic rings. The van der Waals surface area contributed by atoms with Crippen molar-refractivity contribution in [3.05, 3.63) is 58.3 Å². The summed E-state index contributed by atoms with van der Waals surface area (Å²) in [5, 5.41) is 8.86. The van der Waals surface area contributed by atoms with Gasteiger partial charge in [0.05, 0.1) is 5.69 Å². The van der Waals surface area contributed by atoms with Gasteiger partial charge in [-0.15, -0.1) is 0 Å². The van der Waals surface area contributed by atoms with E-state index >= 15 is 0 Å². The average molecular weight is 468 g/mol. The molecule has 2 aliphatic heterocycles. The van der Waals surface area contributed by atoms with E-state index in [1.54, 1.807) is 15.5 Å². The molecule has 9 heteroatoms. The molecule has 2 fully saturated rings. The van der Waals surface area contributed by atoms with Crippen LogP contribution in [0.5, 0.6) is 0 Å². The molecule has 8 nitrogen and oxygen atoms in total. The summed E-state index contributed by atoms with van der Waals surface area (Å²) in [6, 6.07) is 8.51. The molecule has 180 valence electrons. The minimum atomic E-state index is -0.361. The Morgan fingerprint density at radius 2 is 1.68 bits per heavy atom. The van der Waals surface area contributed by atoms with E-state index in [0.29, 0.717) is 31.0 Å². The van der Waals surface area contributed by atoms with Crippen molar-refractivity contribution in [1.29, 1.82) is 0 Å². The Morgan fingerprint density at radius 3 is 2.44 bits per heavy atom. The molecule has 1 aromatic carbocycles. The lowest BCUT2D eigenvalue weighted by atomic mass is 9.82. The summed E-state index contributed by atoms with van der Waals surface area (Å²) >= 11 is 0. The van der Waals surface area contributed by atoms with Crippen LogP contribution in [-0.4, -0.2) is 40.7 Å². The van der Waals surface area contributed by atoms with Crippen LogP contribution in [0.4, 0.5) is 25.4 Å². The zero-order valence-corrected chi connectivity index (χ0v) is 19.1. The van der Waals surface area contributed by atoms with Crippen LogP contribution in [0, 0.1) is 11.7 Å². The summed E-state index contributed by atoms with van der Waals surface area (Å²) in [5.41, 5.74) is 1.84. The number of rotatable bonds is 3. The molecular formula is C25H30FN5O3. The van der Waals surface area contributed by atoms with Crippen molar-refractivity contribution in [2.45, 2.75) is 57.0 Å². The van der Waals surface area contributed by atoms with Crippen molar-refractivity contribution in [3.8, 4) is 0 Å². The summed E-state index contributed by atoms with van der Waals surface area (Å²) in [6.07, 6.45) is 6.29. The van der Waals surface area contributed by atoms with Crippen LogP contribution >= 0.6 is 0 Å². The molecule has 2 unspecified atom stereocenters. The molecule has 1 saturated carbocycles. The van der Waals surface area contributed by atoms with E-state index in [9.17, 15) is 18.8 Å². The number of carbonyl (C=O) groups excluding carboxylic acids is 2. The molecule has 3 N–H and O–H groups in total. The van der Waals surface area contributed by atoms with Crippen LogP contribution in [0.15, 0.2) is 41.2 Å². The third kappa shape index (κ3) is 4.78. The van der Waals surface area contributed by atoms with Gasteiger partial charge in [-0.3, -0.25) is 4.79 Å². The van der Waals surface area contributed by atoms with Crippen LogP contribution in [0.25, 0.3) is 0 Å². The molecule has 3 heterocycles. The number of hydrogen-bond donors (Lipinski definition) is 3. The number of pyridine rings is 1. The fraction of sp³-hybridized carbons (Fsp3) is 0.480. The molecule has 2 atom stereocenters. The van der Waals surface area contributed by atoms with Gasteiger partial charge in [0.15, 0.2) is 0 Å². The molecule has 4 amide bonds. The Hall–Kier alpha value is -3.36. The number of likely N-dealkylation sites (tertiary alicyclic amines) is 1. The van der Waals surface area contributed by atoms with E-state index in [-0.39, 0.29) is 41.3 Å². The third-order valence-corrected chi connectivity index (χ3v) is 7.16. The Kier molecular flexibility index (Phi) is 6.26. The van der Waals surface area contributed by atoms with Gasteiger partial charge in [0.2, 0.25) is 0 Å². The van der Waals surface area contributed by atoms with Gasteiger partial charge in [0, 0.05) is 49.0 Å². The fourth-order valence-electron chi connectivity index (χ4n) is 5.61. The summed E-state index contributed by atoms with van der Waals surface area (Å²) in [4.78, 5) is 40.0. The van der Waals surface area contributed by atoms with Crippen LogP contribution < -0.4 is 21.5 Å². The second kappa shape index (κ2) is 9.48. The molecular weight excluding hydrogens is 437 g/mol. The number of urea groups is 2. The SMILES string of the molecule is O=C(Nc1ccc(=O)n2c1C1CC(CN(C(=O)Nc3ccc(F)cc3)C1)C2)NC1CCCCC1. The monoisotopic (exact) mass is 467 g/mol. The van der Waals surface area contributed by atoms with Crippen LogP contribution in [0.1, 0.15) is 50.1 Å². The highest BCUT2D eigenvalue weighted by atomic mass is 19.1. The smallest absolute Gasteiger partial charge is 0.321 e. The summed E-state index contributed by atoms with van der Waals surface area (Å²) < 4.78 is 14.9. The van der Waals surface area contributed by atoms with Crippen LogP contribution in [-0.2, 0) is 6.54 Å². The van der Waals surface area contributed by atoms with Gasteiger partial charge < -0.3 is 25.4 Å². The second-order valence-corrected chi connectivity index (χ2v) is 9.66. The van der Waals surface area contributed by atoms with E-state index in [2.05, 4.69) is 16.0 Å². The highest BCUT2D eigenvalue weighted by Crippen LogP contribution is 2.38. The van der Waals surface area contributed by atoms with E-state index < -0.39 is 0 Å². The lowest BCUT2D eigenvalue weighted by molar-refractivity contribution is 0.140. The topological polar surface area (TPSA) is 95.5 Å². The van der Waals surface area contributed by atoms with Crippen LogP contribution in [0.3, 0.4) is 0 Å². The number of nitrogens with one attached hydrogen (secondary N) is 3. The molecule has 5 rings (SSSR count). The second-order valence-electron chi connectivity index (χ2n) is 9.66. The highest BCUT2D eigenvalue weighted by Gasteiger charge is 2.38. The number of nitrogens with zero attached hydrogens (tertiary/aromatic N) is 2. The normalized spacial score (nSPS) is 22.0. The number of carbonyl (C=O) groups is 2. The van der Waals surface area contributed by atoms with Crippen LogP contribution in [0.2, 0.25) is 0 Å².